The van der Waals surface area contributed by atoms with Crippen LogP contribution < -0.4 is 5.73 Å². The molecule has 0 amide bonds. The number of nitrogens with zero attached hydrogens (tertiary/aromatic N) is 3. The number of rotatable bonds is 3. The first-order valence-corrected chi connectivity index (χ1v) is 7.75. The van der Waals surface area contributed by atoms with Crippen LogP contribution in [0.1, 0.15) is 17.3 Å². The van der Waals surface area contributed by atoms with Crippen molar-refractivity contribution in [3.05, 3.63) is 64.7 Å². The molecule has 2 aromatic rings. The Labute approximate surface area is 148 Å². The first kappa shape index (κ1) is 17.0. The number of ether oxygens (including phenoxy) is 1. The van der Waals surface area contributed by atoms with Crippen molar-refractivity contribution in [2.24, 2.45) is 21.6 Å². The van der Waals surface area contributed by atoms with Crippen LogP contribution in [0.3, 0.4) is 0 Å². The Balaban J connectivity index is 2.16. The molecule has 1 aliphatic heterocycles. The quantitative estimate of drug-likeness (QED) is 0.851. The highest BCUT2D eigenvalue weighted by Gasteiger charge is 2.38. The van der Waals surface area contributed by atoms with E-state index in [4.69, 9.17) is 22.1 Å². The SMILES string of the molecule is COC(=O)C1C(N)=NC(c2ncccc2F)=NC1c1ccccc1Cl. The second-order valence-corrected chi connectivity index (χ2v) is 5.70. The molecule has 2 unspecified atom stereocenters. The zero-order valence-electron chi connectivity index (χ0n) is 13.2. The molecular weight excluding hydrogens is 347 g/mol. The summed E-state index contributed by atoms with van der Waals surface area (Å²) in [6.45, 7) is 0. The van der Waals surface area contributed by atoms with Gasteiger partial charge in [0, 0.05) is 11.2 Å². The highest BCUT2D eigenvalue weighted by atomic mass is 35.5. The number of carbonyl (C=O) groups excluding carboxylic acids is 1. The molecule has 6 nitrogen and oxygen atoms in total. The van der Waals surface area contributed by atoms with Crippen LogP contribution in [0.15, 0.2) is 52.6 Å². The second kappa shape index (κ2) is 6.98. The van der Waals surface area contributed by atoms with Crippen LogP contribution in [0.5, 0.6) is 0 Å². The third kappa shape index (κ3) is 3.23. The smallest absolute Gasteiger partial charge is 0.318 e. The largest absolute Gasteiger partial charge is 0.468 e. The van der Waals surface area contributed by atoms with E-state index >= 15 is 0 Å². The van der Waals surface area contributed by atoms with Gasteiger partial charge in [-0.3, -0.25) is 9.79 Å². The summed E-state index contributed by atoms with van der Waals surface area (Å²) in [6, 6.07) is 8.80. The van der Waals surface area contributed by atoms with Crippen LogP contribution in [0.4, 0.5) is 4.39 Å². The van der Waals surface area contributed by atoms with Gasteiger partial charge in [0.1, 0.15) is 17.4 Å². The van der Waals surface area contributed by atoms with Crippen LogP contribution in [0, 0.1) is 11.7 Å². The molecule has 25 heavy (non-hydrogen) atoms. The maximum atomic E-state index is 14.1. The van der Waals surface area contributed by atoms with Gasteiger partial charge in [-0.1, -0.05) is 29.8 Å². The third-order valence-corrected chi connectivity index (χ3v) is 4.12. The van der Waals surface area contributed by atoms with Crippen molar-refractivity contribution in [2.75, 3.05) is 7.11 Å². The summed E-state index contributed by atoms with van der Waals surface area (Å²) >= 11 is 6.25. The Hall–Kier alpha value is -2.80. The lowest BCUT2D eigenvalue weighted by Gasteiger charge is -2.26. The van der Waals surface area contributed by atoms with Crippen LogP contribution >= 0.6 is 11.6 Å². The topological polar surface area (TPSA) is 89.9 Å². The van der Waals surface area contributed by atoms with Crippen LogP contribution in [-0.4, -0.2) is 29.7 Å². The van der Waals surface area contributed by atoms with Crippen LogP contribution in [0.25, 0.3) is 0 Å². The molecule has 8 heteroatoms. The van der Waals surface area contributed by atoms with E-state index in [1.54, 1.807) is 24.3 Å². The summed E-state index contributed by atoms with van der Waals surface area (Å²) in [7, 11) is 1.25. The van der Waals surface area contributed by atoms with Gasteiger partial charge in [0.05, 0.1) is 13.2 Å². The molecule has 0 aliphatic carbocycles. The van der Waals surface area contributed by atoms with Gasteiger partial charge in [-0.2, -0.15) is 0 Å². The van der Waals surface area contributed by atoms with Crippen molar-refractivity contribution in [1.82, 2.24) is 4.98 Å². The lowest BCUT2D eigenvalue weighted by Crippen LogP contribution is -2.39. The average molecular weight is 361 g/mol. The molecule has 0 saturated heterocycles. The van der Waals surface area contributed by atoms with Crippen molar-refractivity contribution in [3.63, 3.8) is 0 Å². The van der Waals surface area contributed by atoms with Crippen molar-refractivity contribution < 1.29 is 13.9 Å². The zero-order chi connectivity index (χ0) is 18.0. The van der Waals surface area contributed by atoms with Gasteiger partial charge >= 0.3 is 5.97 Å². The van der Waals surface area contributed by atoms with E-state index in [0.717, 1.165) is 0 Å². The minimum absolute atomic E-state index is 0.000623. The average Bonchev–Trinajstić information content (AvgIpc) is 2.61. The molecule has 3 rings (SSSR count). The molecule has 2 heterocycles. The minimum Gasteiger partial charge on any atom is -0.468 e. The number of aromatic nitrogens is 1. The predicted octanol–water partition coefficient (Wildman–Crippen LogP) is 2.52. The maximum absolute atomic E-state index is 14.1. The molecule has 0 saturated carbocycles. The minimum atomic E-state index is -0.958. The molecule has 1 aliphatic rings. The van der Waals surface area contributed by atoms with Crippen molar-refractivity contribution in [3.8, 4) is 0 Å². The number of esters is 1. The number of halogens is 2. The van der Waals surface area contributed by atoms with E-state index in [-0.39, 0.29) is 17.4 Å². The Morgan fingerprint density at radius 2 is 2.04 bits per heavy atom. The molecule has 0 radical (unpaired) electrons. The number of amidine groups is 2. The second-order valence-electron chi connectivity index (χ2n) is 5.29. The molecule has 2 N–H and O–H groups in total. The summed E-state index contributed by atoms with van der Waals surface area (Å²) < 4.78 is 18.9. The van der Waals surface area contributed by atoms with Crippen molar-refractivity contribution >= 4 is 29.2 Å². The fourth-order valence-corrected chi connectivity index (χ4v) is 2.84. The number of hydrogen-bond donors (Lipinski definition) is 1. The van der Waals surface area contributed by atoms with E-state index in [2.05, 4.69) is 15.0 Å². The third-order valence-electron chi connectivity index (χ3n) is 3.78. The molecule has 2 atom stereocenters. The first-order valence-electron chi connectivity index (χ1n) is 7.38. The fourth-order valence-electron chi connectivity index (χ4n) is 2.59. The number of carbonyl (C=O) groups is 1. The standard InChI is InChI=1S/C17H14ClFN4O2/c1-25-17(24)12-13(9-5-2-3-6-10(9)18)22-16(23-15(12)20)14-11(19)7-4-8-21-14/h2-8,12-13H,1H3,(H2,20,22,23). The Morgan fingerprint density at radius 1 is 1.28 bits per heavy atom. The maximum Gasteiger partial charge on any atom is 0.318 e. The highest BCUT2D eigenvalue weighted by Crippen LogP contribution is 2.35. The van der Waals surface area contributed by atoms with Gasteiger partial charge in [0.2, 0.25) is 0 Å². The summed E-state index contributed by atoms with van der Waals surface area (Å²) in [6.07, 6.45) is 1.42. The van der Waals surface area contributed by atoms with Gasteiger partial charge < -0.3 is 10.5 Å². The molecular formula is C17H14ClFN4O2. The van der Waals surface area contributed by atoms with E-state index < -0.39 is 23.7 Å². The van der Waals surface area contributed by atoms with Crippen molar-refractivity contribution in [1.29, 1.82) is 0 Å². The highest BCUT2D eigenvalue weighted by molar-refractivity contribution is 6.31. The van der Waals surface area contributed by atoms with Crippen LogP contribution in [0.2, 0.25) is 5.02 Å². The molecule has 0 spiro atoms. The van der Waals surface area contributed by atoms with Gasteiger partial charge in [-0.25, -0.2) is 14.4 Å². The first-order chi connectivity index (χ1) is 12.0. The van der Waals surface area contributed by atoms with E-state index in [9.17, 15) is 9.18 Å². The Bertz CT molecular complexity index is 884. The lowest BCUT2D eigenvalue weighted by molar-refractivity contribution is -0.143. The predicted molar refractivity (Wildman–Crippen MR) is 92.1 cm³/mol. The van der Waals surface area contributed by atoms with Gasteiger partial charge in [0.25, 0.3) is 0 Å². The molecule has 0 fully saturated rings. The van der Waals surface area contributed by atoms with E-state index in [0.29, 0.717) is 10.6 Å². The number of aliphatic imine (C=N–C) groups is 2. The normalized spacial score (nSPS) is 19.8. The lowest BCUT2D eigenvalue weighted by atomic mass is 9.91. The number of hydrogen-bond acceptors (Lipinski definition) is 6. The van der Waals surface area contributed by atoms with Gasteiger partial charge in [-0.15, -0.1) is 0 Å². The Kier molecular flexibility index (Phi) is 4.76. The van der Waals surface area contributed by atoms with E-state index in [1.165, 1.54) is 25.4 Å². The molecule has 1 aromatic heterocycles. The summed E-state index contributed by atoms with van der Waals surface area (Å²) in [5.41, 5.74) is 6.50. The van der Waals surface area contributed by atoms with Crippen LogP contribution in [-0.2, 0) is 9.53 Å². The summed E-state index contributed by atoms with van der Waals surface area (Å²) in [5.74, 6) is -2.18. The number of pyridine rings is 1. The van der Waals surface area contributed by atoms with Gasteiger partial charge in [0.15, 0.2) is 11.7 Å². The summed E-state index contributed by atoms with van der Waals surface area (Å²) in [5, 5.41) is 0.403. The number of methoxy groups -OCH3 is 1. The zero-order valence-corrected chi connectivity index (χ0v) is 13.9. The number of benzene rings is 1. The molecule has 0 bridgehead atoms. The summed E-state index contributed by atoms with van der Waals surface area (Å²) in [4.78, 5) is 24.6. The van der Waals surface area contributed by atoms with Gasteiger partial charge in [-0.05, 0) is 23.8 Å². The molecule has 1 aromatic carbocycles. The molecule has 128 valence electrons. The Morgan fingerprint density at radius 3 is 2.72 bits per heavy atom. The van der Waals surface area contributed by atoms with Crippen molar-refractivity contribution in [2.45, 2.75) is 6.04 Å². The monoisotopic (exact) mass is 360 g/mol. The van der Waals surface area contributed by atoms with E-state index in [1.807, 2.05) is 0 Å². The number of nitrogens with two attached hydrogens (primary N) is 1. The fraction of sp³-hybridized carbons (Fsp3) is 0.176.